The number of amides is 1. The molecule has 11 heteroatoms. The van der Waals surface area contributed by atoms with Gasteiger partial charge in [-0.1, -0.05) is 19.9 Å². The van der Waals surface area contributed by atoms with E-state index in [-0.39, 0.29) is 23.8 Å². The minimum absolute atomic E-state index is 0.0927. The van der Waals surface area contributed by atoms with Crippen LogP contribution in [0.1, 0.15) is 26.7 Å². The summed E-state index contributed by atoms with van der Waals surface area (Å²) in [7, 11) is -5.61. The summed E-state index contributed by atoms with van der Waals surface area (Å²) in [5.41, 5.74) is 0.925. The Morgan fingerprint density at radius 2 is 1.64 bits per heavy atom. The fourth-order valence-corrected chi connectivity index (χ4v) is 5.70. The standard InChI is InChI=1S/C22H31N3O6S2/c1-5-24(6-2)33(29,30)21-14-12-18(13-15-21)23-22(26)11-8-16-25(32(4,27)28)19-9-7-10-20(17-19)31-3/h7,9-10,12-15,17H,5-6,8,11,16H2,1-4H3,(H,23,26). The lowest BCUT2D eigenvalue weighted by molar-refractivity contribution is -0.116. The molecule has 33 heavy (non-hydrogen) atoms. The molecule has 0 bridgehead atoms. The van der Waals surface area contributed by atoms with Gasteiger partial charge >= 0.3 is 0 Å². The fraction of sp³-hybridized carbons (Fsp3) is 0.409. The maximum atomic E-state index is 12.5. The first-order valence-corrected chi connectivity index (χ1v) is 13.8. The molecule has 0 fully saturated rings. The van der Waals surface area contributed by atoms with E-state index >= 15 is 0 Å². The second-order valence-electron chi connectivity index (χ2n) is 7.30. The molecule has 0 aliphatic carbocycles. The van der Waals surface area contributed by atoms with Crippen molar-refractivity contribution in [1.29, 1.82) is 0 Å². The van der Waals surface area contributed by atoms with E-state index in [0.29, 0.717) is 36.6 Å². The monoisotopic (exact) mass is 497 g/mol. The Hall–Kier alpha value is -2.63. The van der Waals surface area contributed by atoms with Gasteiger partial charge in [0.2, 0.25) is 26.0 Å². The lowest BCUT2D eigenvalue weighted by atomic mass is 10.2. The van der Waals surface area contributed by atoms with E-state index in [1.54, 1.807) is 38.1 Å². The molecular formula is C22H31N3O6S2. The van der Waals surface area contributed by atoms with Gasteiger partial charge in [0.05, 0.1) is 23.9 Å². The third-order valence-corrected chi connectivity index (χ3v) is 8.25. The van der Waals surface area contributed by atoms with Crippen molar-refractivity contribution in [2.45, 2.75) is 31.6 Å². The van der Waals surface area contributed by atoms with Crippen LogP contribution in [-0.4, -0.2) is 60.0 Å². The lowest BCUT2D eigenvalue weighted by Gasteiger charge is -2.22. The predicted octanol–water partition coefficient (Wildman–Crippen LogP) is 2.91. The number of nitrogens with zero attached hydrogens (tertiary/aromatic N) is 2. The highest BCUT2D eigenvalue weighted by Crippen LogP contribution is 2.24. The van der Waals surface area contributed by atoms with E-state index < -0.39 is 20.0 Å². The Morgan fingerprint density at radius 1 is 1.00 bits per heavy atom. The molecule has 2 aromatic carbocycles. The Kier molecular flexibility index (Phi) is 9.26. The van der Waals surface area contributed by atoms with Crippen LogP contribution in [-0.2, 0) is 24.8 Å². The van der Waals surface area contributed by atoms with Crippen molar-refractivity contribution in [3.8, 4) is 5.75 Å². The van der Waals surface area contributed by atoms with Crippen molar-refractivity contribution in [3.63, 3.8) is 0 Å². The SMILES string of the molecule is CCN(CC)S(=O)(=O)c1ccc(NC(=O)CCCN(c2cccc(OC)c2)S(C)(=O)=O)cc1. The molecule has 0 spiro atoms. The summed E-state index contributed by atoms with van der Waals surface area (Å²) in [5, 5.41) is 2.71. The van der Waals surface area contributed by atoms with Crippen LogP contribution < -0.4 is 14.4 Å². The summed E-state index contributed by atoms with van der Waals surface area (Å²) in [6, 6.07) is 12.7. The smallest absolute Gasteiger partial charge is 0.243 e. The van der Waals surface area contributed by atoms with Crippen molar-refractivity contribution in [1.82, 2.24) is 4.31 Å². The van der Waals surface area contributed by atoms with Crippen LogP contribution in [0.15, 0.2) is 53.4 Å². The highest BCUT2D eigenvalue weighted by molar-refractivity contribution is 7.92. The molecule has 0 unspecified atom stereocenters. The number of methoxy groups -OCH3 is 1. The van der Waals surface area contributed by atoms with Gasteiger partial charge in [0.15, 0.2) is 0 Å². The van der Waals surface area contributed by atoms with Gasteiger partial charge in [-0.3, -0.25) is 9.10 Å². The molecule has 1 amide bonds. The summed E-state index contributed by atoms with van der Waals surface area (Å²) < 4.78 is 57.3. The largest absolute Gasteiger partial charge is 0.497 e. The Balaban J connectivity index is 1.99. The van der Waals surface area contributed by atoms with Gasteiger partial charge in [-0.05, 0) is 42.8 Å². The number of rotatable bonds is 12. The van der Waals surface area contributed by atoms with E-state index in [9.17, 15) is 21.6 Å². The summed E-state index contributed by atoms with van der Waals surface area (Å²) in [6.45, 7) is 4.42. The van der Waals surface area contributed by atoms with Crippen LogP contribution in [0.25, 0.3) is 0 Å². The first kappa shape index (κ1) is 26.6. The van der Waals surface area contributed by atoms with Crippen LogP contribution in [0.3, 0.4) is 0 Å². The fourth-order valence-electron chi connectivity index (χ4n) is 3.28. The topological polar surface area (TPSA) is 113 Å². The van der Waals surface area contributed by atoms with E-state index in [2.05, 4.69) is 5.32 Å². The van der Waals surface area contributed by atoms with Gasteiger partial charge < -0.3 is 10.1 Å². The molecule has 0 heterocycles. The number of carbonyl (C=O) groups is 1. The van der Waals surface area contributed by atoms with Crippen LogP contribution in [0.2, 0.25) is 0 Å². The minimum atomic E-state index is -3.57. The first-order valence-electron chi connectivity index (χ1n) is 10.5. The first-order chi connectivity index (χ1) is 15.5. The molecule has 0 aromatic heterocycles. The van der Waals surface area contributed by atoms with E-state index in [0.717, 1.165) is 6.26 Å². The van der Waals surface area contributed by atoms with Gasteiger partial charge in [-0.15, -0.1) is 0 Å². The molecular weight excluding hydrogens is 466 g/mol. The van der Waals surface area contributed by atoms with Crippen molar-refractivity contribution < 1.29 is 26.4 Å². The Labute approximate surface area is 196 Å². The van der Waals surface area contributed by atoms with Crippen molar-refractivity contribution in [2.24, 2.45) is 0 Å². The zero-order chi connectivity index (χ0) is 24.6. The third kappa shape index (κ3) is 7.18. The number of hydrogen-bond acceptors (Lipinski definition) is 6. The predicted molar refractivity (Wildman–Crippen MR) is 130 cm³/mol. The zero-order valence-corrected chi connectivity index (χ0v) is 20.9. The average Bonchev–Trinajstić information content (AvgIpc) is 2.77. The maximum absolute atomic E-state index is 12.5. The zero-order valence-electron chi connectivity index (χ0n) is 19.3. The number of ether oxygens (including phenoxy) is 1. The maximum Gasteiger partial charge on any atom is 0.243 e. The molecule has 0 atom stereocenters. The summed E-state index contributed by atoms with van der Waals surface area (Å²) in [6.07, 6.45) is 1.50. The molecule has 0 aliphatic rings. The molecule has 182 valence electrons. The normalized spacial score (nSPS) is 11.9. The van der Waals surface area contributed by atoms with Gasteiger partial charge in [-0.25, -0.2) is 16.8 Å². The Morgan fingerprint density at radius 3 is 2.18 bits per heavy atom. The second-order valence-corrected chi connectivity index (χ2v) is 11.1. The molecule has 0 saturated carbocycles. The summed E-state index contributed by atoms with van der Waals surface area (Å²) in [5.74, 6) is 0.235. The van der Waals surface area contributed by atoms with E-state index in [4.69, 9.17) is 4.74 Å². The molecule has 9 nitrogen and oxygen atoms in total. The second kappa shape index (κ2) is 11.5. The van der Waals surface area contributed by atoms with E-state index in [1.807, 2.05) is 0 Å². The number of anilines is 2. The van der Waals surface area contributed by atoms with Gasteiger partial charge in [-0.2, -0.15) is 4.31 Å². The highest BCUT2D eigenvalue weighted by atomic mass is 32.2. The van der Waals surface area contributed by atoms with Gasteiger partial charge in [0, 0.05) is 37.8 Å². The van der Waals surface area contributed by atoms with Crippen molar-refractivity contribution in [3.05, 3.63) is 48.5 Å². The van der Waals surface area contributed by atoms with Gasteiger partial charge in [0.1, 0.15) is 5.75 Å². The molecule has 0 saturated heterocycles. The average molecular weight is 498 g/mol. The summed E-state index contributed by atoms with van der Waals surface area (Å²) in [4.78, 5) is 12.5. The molecule has 1 N–H and O–H groups in total. The van der Waals surface area contributed by atoms with Crippen molar-refractivity contribution in [2.75, 3.05) is 42.6 Å². The number of carbonyl (C=O) groups excluding carboxylic acids is 1. The Bertz CT molecular complexity index is 1140. The molecule has 0 aliphatic heterocycles. The van der Waals surface area contributed by atoms with Crippen LogP contribution >= 0.6 is 0 Å². The molecule has 0 radical (unpaired) electrons. The van der Waals surface area contributed by atoms with Crippen LogP contribution in [0.4, 0.5) is 11.4 Å². The quantitative estimate of drug-likeness (QED) is 0.482. The van der Waals surface area contributed by atoms with Crippen LogP contribution in [0, 0.1) is 0 Å². The van der Waals surface area contributed by atoms with E-state index in [1.165, 1.54) is 40.0 Å². The summed E-state index contributed by atoms with van der Waals surface area (Å²) >= 11 is 0. The lowest BCUT2D eigenvalue weighted by Crippen LogP contribution is -2.31. The number of sulfonamides is 2. The molecule has 2 aromatic rings. The highest BCUT2D eigenvalue weighted by Gasteiger charge is 2.21. The van der Waals surface area contributed by atoms with Crippen LogP contribution in [0.5, 0.6) is 5.75 Å². The molecule has 2 rings (SSSR count). The third-order valence-electron chi connectivity index (χ3n) is 4.99. The number of hydrogen-bond donors (Lipinski definition) is 1. The van der Waals surface area contributed by atoms with Gasteiger partial charge in [0.25, 0.3) is 0 Å². The number of benzene rings is 2. The minimum Gasteiger partial charge on any atom is -0.497 e. The number of nitrogens with one attached hydrogen (secondary N) is 1. The van der Waals surface area contributed by atoms with Crippen molar-refractivity contribution >= 4 is 37.3 Å².